The summed E-state index contributed by atoms with van der Waals surface area (Å²) in [6.07, 6.45) is 4.23. The van der Waals surface area contributed by atoms with Gasteiger partial charge in [0.05, 0.1) is 0 Å². The first-order valence-corrected chi connectivity index (χ1v) is 9.88. The van der Waals surface area contributed by atoms with Crippen LogP contribution in [0.4, 0.5) is 5.82 Å². The van der Waals surface area contributed by atoms with Crippen molar-refractivity contribution < 1.29 is 4.79 Å². The number of carbonyl (C=O) groups is 1. The van der Waals surface area contributed by atoms with Gasteiger partial charge in [0.15, 0.2) is 5.82 Å². The molecule has 4 rings (SSSR count). The predicted octanol–water partition coefficient (Wildman–Crippen LogP) is 3.68. The van der Waals surface area contributed by atoms with Crippen LogP contribution in [0, 0.1) is 20.8 Å². The lowest BCUT2D eigenvalue weighted by molar-refractivity contribution is -0.128. The van der Waals surface area contributed by atoms with Crippen molar-refractivity contribution in [3.05, 3.63) is 71.2 Å². The molecule has 0 spiro atoms. The van der Waals surface area contributed by atoms with E-state index in [-0.39, 0.29) is 11.9 Å². The van der Waals surface area contributed by atoms with Crippen molar-refractivity contribution in [2.24, 2.45) is 0 Å². The Kier molecular flexibility index (Phi) is 5.25. The third kappa shape index (κ3) is 4.11. The highest BCUT2D eigenvalue weighted by atomic mass is 16.2. The number of hydrogen-bond donors (Lipinski definition) is 1. The molecular formula is C23H25N5O. The van der Waals surface area contributed by atoms with E-state index in [1.165, 1.54) is 5.56 Å². The monoisotopic (exact) mass is 387 g/mol. The van der Waals surface area contributed by atoms with E-state index in [0.717, 1.165) is 35.3 Å². The minimum absolute atomic E-state index is 0.115. The topological polar surface area (TPSA) is 71.0 Å². The normalized spacial score (nSPS) is 16.3. The van der Waals surface area contributed by atoms with Crippen molar-refractivity contribution in [2.75, 3.05) is 11.9 Å². The molecular weight excluding hydrogens is 362 g/mol. The molecule has 1 aliphatic rings. The molecule has 0 radical (unpaired) electrons. The van der Waals surface area contributed by atoms with Crippen LogP contribution in [0.3, 0.4) is 0 Å². The predicted molar refractivity (Wildman–Crippen MR) is 113 cm³/mol. The van der Waals surface area contributed by atoms with Crippen molar-refractivity contribution in [1.29, 1.82) is 0 Å². The number of pyridine rings is 1. The van der Waals surface area contributed by atoms with Gasteiger partial charge in [-0.15, -0.1) is 0 Å². The fourth-order valence-corrected chi connectivity index (χ4v) is 3.50. The number of amides is 1. The summed E-state index contributed by atoms with van der Waals surface area (Å²) in [6.45, 7) is 7.38. The lowest BCUT2D eigenvalue weighted by Crippen LogP contribution is -2.33. The molecule has 6 nitrogen and oxygen atoms in total. The first kappa shape index (κ1) is 19.1. The van der Waals surface area contributed by atoms with Crippen molar-refractivity contribution in [1.82, 2.24) is 19.9 Å². The molecule has 1 saturated heterocycles. The smallest absolute Gasteiger partial charge is 0.245 e. The van der Waals surface area contributed by atoms with Gasteiger partial charge in [0, 0.05) is 42.3 Å². The van der Waals surface area contributed by atoms with Gasteiger partial charge >= 0.3 is 0 Å². The van der Waals surface area contributed by atoms with E-state index < -0.39 is 0 Å². The molecule has 0 bridgehead atoms. The number of benzene rings is 1. The van der Waals surface area contributed by atoms with Crippen LogP contribution in [0.25, 0.3) is 11.4 Å². The molecule has 1 aromatic carbocycles. The summed E-state index contributed by atoms with van der Waals surface area (Å²) in [4.78, 5) is 28.3. The first-order valence-electron chi connectivity index (χ1n) is 9.88. The summed E-state index contributed by atoms with van der Waals surface area (Å²) < 4.78 is 0. The first-order chi connectivity index (χ1) is 14.0. The van der Waals surface area contributed by atoms with E-state index in [0.29, 0.717) is 18.2 Å². The quantitative estimate of drug-likeness (QED) is 0.723. The van der Waals surface area contributed by atoms with Crippen molar-refractivity contribution in [3.8, 4) is 11.4 Å². The van der Waals surface area contributed by atoms with Crippen molar-refractivity contribution in [2.45, 2.75) is 39.8 Å². The number of hydrogen-bond acceptors (Lipinski definition) is 5. The molecule has 1 atom stereocenters. The highest BCUT2D eigenvalue weighted by molar-refractivity contribution is 5.86. The van der Waals surface area contributed by atoms with Crippen LogP contribution in [0.1, 0.15) is 28.8 Å². The third-order valence-electron chi connectivity index (χ3n) is 5.41. The summed E-state index contributed by atoms with van der Waals surface area (Å²) in [6, 6.07) is 11.9. The Bertz CT molecular complexity index is 1020. The zero-order valence-corrected chi connectivity index (χ0v) is 17.0. The number of likely N-dealkylation sites (tertiary alicyclic amines) is 1. The van der Waals surface area contributed by atoms with Crippen LogP contribution in [-0.2, 0) is 11.3 Å². The summed E-state index contributed by atoms with van der Waals surface area (Å²) in [5.41, 5.74) is 5.08. The second-order valence-corrected chi connectivity index (χ2v) is 7.58. The van der Waals surface area contributed by atoms with E-state index >= 15 is 0 Å². The average molecular weight is 387 g/mol. The van der Waals surface area contributed by atoms with Gasteiger partial charge in [0.1, 0.15) is 11.9 Å². The summed E-state index contributed by atoms with van der Waals surface area (Å²) in [5, 5.41) is 3.37. The molecule has 29 heavy (non-hydrogen) atoms. The Morgan fingerprint density at radius 3 is 2.62 bits per heavy atom. The molecule has 1 unspecified atom stereocenters. The van der Waals surface area contributed by atoms with Crippen LogP contribution in [0.2, 0.25) is 0 Å². The maximum Gasteiger partial charge on any atom is 0.245 e. The molecule has 2 aromatic heterocycles. The highest BCUT2D eigenvalue weighted by Crippen LogP contribution is 2.24. The van der Waals surface area contributed by atoms with Crippen LogP contribution < -0.4 is 5.32 Å². The Morgan fingerprint density at radius 2 is 1.90 bits per heavy atom. The van der Waals surface area contributed by atoms with E-state index in [1.54, 1.807) is 12.4 Å². The molecule has 1 aliphatic heterocycles. The molecule has 3 heterocycles. The maximum atomic E-state index is 12.9. The average Bonchev–Trinajstić information content (AvgIpc) is 3.07. The Hall–Kier alpha value is -3.28. The second-order valence-electron chi connectivity index (χ2n) is 7.58. The SMILES string of the molecule is Cc1ccc(CN2CCC(Nc3nc(-c4cccnc4)nc(C)c3C)C2=O)cc1. The standard InChI is InChI=1S/C23H25N5O/c1-15-6-8-18(9-7-15)14-28-12-10-20(23(28)29)26-21-16(2)17(3)25-22(27-21)19-5-4-11-24-13-19/h4-9,11,13,20H,10,12,14H2,1-3H3,(H,25,26,27). The van der Waals surface area contributed by atoms with Crippen molar-refractivity contribution in [3.63, 3.8) is 0 Å². The second kappa shape index (κ2) is 7.99. The van der Waals surface area contributed by atoms with E-state index in [4.69, 9.17) is 0 Å². The molecule has 3 aromatic rings. The van der Waals surface area contributed by atoms with Gasteiger partial charge in [-0.1, -0.05) is 29.8 Å². The number of anilines is 1. The Labute approximate surface area is 171 Å². The zero-order valence-electron chi connectivity index (χ0n) is 17.0. The van der Waals surface area contributed by atoms with Crippen molar-refractivity contribution >= 4 is 11.7 Å². The van der Waals surface area contributed by atoms with Gasteiger partial charge in [-0.3, -0.25) is 9.78 Å². The molecule has 1 amide bonds. The molecule has 0 saturated carbocycles. The van der Waals surface area contributed by atoms with Crippen LogP contribution >= 0.6 is 0 Å². The van der Waals surface area contributed by atoms with Crippen LogP contribution in [0.15, 0.2) is 48.8 Å². The van der Waals surface area contributed by atoms with Gasteiger partial charge in [-0.05, 0) is 44.9 Å². The van der Waals surface area contributed by atoms with Gasteiger partial charge in [-0.25, -0.2) is 9.97 Å². The zero-order chi connectivity index (χ0) is 20.4. The molecule has 6 heteroatoms. The van der Waals surface area contributed by atoms with E-state index in [2.05, 4.69) is 51.5 Å². The minimum Gasteiger partial charge on any atom is -0.358 e. The lowest BCUT2D eigenvalue weighted by atomic mass is 10.1. The molecule has 148 valence electrons. The fourth-order valence-electron chi connectivity index (χ4n) is 3.50. The van der Waals surface area contributed by atoms with Gasteiger partial charge in [0.2, 0.25) is 5.91 Å². The van der Waals surface area contributed by atoms with Crippen LogP contribution in [-0.4, -0.2) is 38.3 Å². The van der Waals surface area contributed by atoms with Gasteiger partial charge in [-0.2, -0.15) is 0 Å². The lowest BCUT2D eigenvalue weighted by Gasteiger charge is -2.19. The number of rotatable bonds is 5. The van der Waals surface area contributed by atoms with Gasteiger partial charge < -0.3 is 10.2 Å². The van der Waals surface area contributed by atoms with Gasteiger partial charge in [0.25, 0.3) is 0 Å². The Balaban J connectivity index is 1.51. The largest absolute Gasteiger partial charge is 0.358 e. The minimum atomic E-state index is -0.268. The molecule has 0 aliphatic carbocycles. The summed E-state index contributed by atoms with van der Waals surface area (Å²) >= 11 is 0. The third-order valence-corrected chi connectivity index (χ3v) is 5.41. The number of aryl methyl sites for hydroxylation is 2. The number of aromatic nitrogens is 3. The van der Waals surface area contributed by atoms with E-state index in [9.17, 15) is 4.79 Å². The van der Waals surface area contributed by atoms with Crippen LogP contribution in [0.5, 0.6) is 0 Å². The number of nitrogens with zero attached hydrogens (tertiary/aromatic N) is 4. The molecule has 1 fully saturated rings. The summed E-state index contributed by atoms with van der Waals surface area (Å²) in [5.74, 6) is 1.45. The number of carbonyl (C=O) groups excluding carboxylic acids is 1. The summed E-state index contributed by atoms with van der Waals surface area (Å²) in [7, 11) is 0. The van der Waals surface area contributed by atoms with E-state index in [1.807, 2.05) is 30.9 Å². The fraction of sp³-hybridized carbons (Fsp3) is 0.304. The molecule has 1 N–H and O–H groups in total. The highest BCUT2D eigenvalue weighted by Gasteiger charge is 2.32. The Morgan fingerprint density at radius 1 is 1.10 bits per heavy atom. The maximum absolute atomic E-state index is 12.9. The number of nitrogens with one attached hydrogen (secondary N) is 1.